The summed E-state index contributed by atoms with van der Waals surface area (Å²) in [5.74, 6) is 0. The van der Waals surface area contributed by atoms with Crippen molar-refractivity contribution >= 4 is 0 Å². The van der Waals surface area contributed by atoms with Gasteiger partial charge in [0.05, 0.1) is 12.6 Å². The van der Waals surface area contributed by atoms with Crippen molar-refractivity contribution in [1.29, 1.82) is 0 Å². The van der Waals surface area contributed by atoms with Crippen LogP contribution in [0, 0.1) is 0 Å². The van der Waals surface area contributed by atoms with Gasteiger partial charge in [0.1, 0.15) is 0 Å². The topological polar surface area (TPSA) is 23.5 Å². The van der Waals surface area contributed by atoms with Crippen LogP contribution in [0.25, 0.3) is 0 Å². The lowest BCUT2D eigenvalue weighted by molar-refractivity contribution is -0.147. The minimum Gasteiger partial charge on any atom is -0.392 e. The van der Waals surface area contributed by atoms with Gasteiger partial charge in [-0.05, 0) is 13.0 Å². The van der Waals surface area contributed by atoms with E-state index < -0.39 is 18.8 Å². The van der Waals surface area contributed by atoms with Crippen LogP contribution in [0.1, 0.15) is 20.3 Å². The number of hydrogen-bond acceptors (Lipinski definition) is 2. The molecule has 13 heavy (non-hydrogen) atoms. The fourth-order valence-corrected chi connectivity index (χ4v) is 0.986. The second kappa shape index (κ2) is 5.44. The van der Waals surface area contributed by atoms with E-state index in [-0.39, 0.29) is 6.54 Å². The maximum atomic E-state index is 11.9. The number of likely N-dealkylation sites (N-methyl/N-ethyl adjacent to an activating group) is 1. The highest BCUT2D eigenvalue weighted by Crippen LogP contribution is 2.16. The monoisotopic (exact) mass is 199 g/mol. The highest BCUT2D eigenvalue weighted by atomic mass is 19.4. The van der Waals surface area contributed by atoms with Gasteiger partial charge in [-0.25, -0.2) is 0 Å². The quantitative estimate of drug-likeness (QED) is 0.727. The first kappa shape index (κ1) is 12.7. The Labute approximate surface area is 76.3 Å². The lowest BCUT2D eigenvalue weighted by atomic mass is 10.2. The SMILES string of the molecule is CCC(O)CN(CC)CC(F)(F)F. The molecule has 1 unspecified atom stereocenters. The Bertz CT molecular complexity index is 138. The first-order valence-electron chi connectivity index (χ1n) is 4.36. The fraction of sp³-hybridized carbons (Fsp3) is 1.00. The summed E-state index contributed by atoms with van der Waals surface area (Å²) in [4.78, 5) is 1.19. The van der Waals surface area contributed by atoms with E-state index in [1.54, 1.807) is 13.8 Å². The molecule has 0 amide bonds. The van der Waals surface area contributed by atoms with Gasteiger partial charge in [-0.1, -0.05) is 13.8 Å². The van der Waals surface area contributed by atoms with Gasteiger partial charge in [0.2, 0.25) is 0 Å². The van der Waals surface area contributed by atoms with Crippen LogP contribution in [0.3, 0.4) is 0 Å². The molecule has 5 heteroatoms. The zero-order valence-corrected chi connectivity index (χ0v) is 7.93. The molecule has 0 saturated heterocycles. The molecule has 0 aromatic heterocycles. The highest BCUT2D eigenvalue weighted by molar-refractivity contribution is 4.65. The Morgan fingerprint density at radius 3 is 2.15 bits per heavy atom. The molecule has 2 nitrogen and oxygen atoms in total. The summed E-state index contributed by atoms with van der Waals surface area (Å²) in [7, 11) is 0. The largest absolute Gasteiger partial charge is 0.401 e. The Kier molecular flexibility index (Phi) is 5.32. The van der Waals surface area contributed by atoms with E-state index in [0.717, 1.165) is 0 Å². The van der Waals surface area contributed by atoms with Gasteiger partial charge in [-0.2, -0.15) is 13.2 Å². The van der Waals surface area contributed by atoms with Crippen LogP contribution < -0.4 is 0 Å². The molecule has 0 bridgehead atoms. The number of aliphatic hydroxyl groups is 1. The standard InChI is InChI=1S/C8H16F3NO/c1-3-7(13)5-12(4-2)6-8(9,10)11/h7,13H,3-6H2,1-2H3. The molecule has 0 aliphatic heterocycles. The molecule has 0 heterocycles. The zero-order chi connectivity index (χ0) is 10.5. The van der Waals surface area contributed by atoms with Crippen LogP contribution in [0.4, 0.5) is 13.2 Å². The third kappa shape index (κ3) is 6.83. The normalized spacial score (nSPS) is 15.0. The number of alkyl halides is 3. The average Bonchev–Trinajstić information content (AvgIpc) is 2.00. The molecule has 0 rings (SSSR count). The van der Waals surface area contributed by atoms with Crippen molar-refractivity contribution in [3.63, 3.8) is 0 Å². The fourth-order valence-electron chi connectivity index (χ4n) is 0.986. The van der Waals surface area contributed by atoms with E-state index in [9.17, 15) is 13.2 Å². The second-order valence-electron chi connectivity index (χ2n) is 3.00. The first-order valence-corrected chi connectivity index (χ1v) is 4.36. The molecule has 0 spiro atoms. The number of rotatable bonds is 5. The molecule has 0 aliphatic carbocycles. The van der Waals surface area contributed by atoms with Crippen LogP contribution >= 0.6 is 0 Å². The molecule has 0 radical (unpaired) electrons. The van der Waals surface area contributed by atoms with Gasteiger partial charge in [-0.15, -0.1) is 0 Å². The van der Waals surface area contributed by atoms with Gasteiger partial charge in [0.15, 0.2) is 0 Å². The summed E-state index contributed by atoms with van der Waals surface area (Å²) in [6.07, 6.45) is -4.36. The predicted octanol–water partition coefficient (Wildman–Crippen LogP) is 1.64. The molecule has 0 saturated carbocycles. The minimum atomic E-state index is -4.18. The molecule has 1 atom stereocenters. The van der Waals surface area contributed by atoms with E-state index in [4.69, 9.17) is 5.11 Å². The van der Waals surface area contributed by atoms with E-state index in [0.29, 0.717) is 13.0 Å². The van der Waals surface area contributed by atoms with Crippen molar-refractivity contribution in [3.05, 3.63) is 0 Å². The summed E-state index contributed by atoms with van der Waals surface area (Å²) in [5, 5.41) is 9.15. The van der Waals surface area contributed by atoms with Gasteiger partial charge in [-0.3, -0.25) is 4.90 Å². The third-order valence-electron chi connectivity index (χ3n) is 1.79. The van der Waals surface area contributed by atoms with E-state index in [2.05, 4.69) is 0 Å². The Morgan fingerprint density at radius 2 is 1.85 bits per heavy atom. The van der Waals surface area contributed by atoms with Gasteiger partial charge >= 0.3 is 6.18 Å². The maximum absolute atomic E-state index is 11.9. The van der Waals surface area contributed by atoms with Crippen molar-refractivity contribution in [1.82, 2.24) is 4.90 Å². The molecular formula is C8H16F3NO. The van der Waals surface area contributed by atoms with Crippen molar-refractivity contribution in [2.75, 3.05) is 19.6 Å². The molecule has 80 valence electrons. The summed E-state index contributed by atoms with van der Waals surface area (Å²) in [6.45, 7) is 2.84. The predicted molar refractivity (Wildman–Crippen MR) is 44.5 cm³/mol. The van der Waals surface area contributed by atoms with Gasteiger partial charge < -0.3 is 5.11 Å². The molecule has 0 aromatic rings. The highest BCUT2D eigenvalue weighted by Gasteiger charge is 2.30. The van der Waals surface area contributed by atoms with Crippen molar-refractivity contribution in [2.45, 2.75) is 32.5 Å². The lowest BCUT2D eigenvalue weighted by Gasteiger charge is -2.23. The molecule has 1 N–H and O–H groups in total. The molecule has 0 aliphatic rings. The minimum absolute atomic E-state index is 0.0898. The summed E-state index contributed by atoms with van der Waals surface area (Å²) < 4.78 is 35.8. The molecule has 0 fully saturated rings. The maximum Gasteiger partial charge on any atom is 0.401 e. The Hall–Kier alpha value is -0.290. The number of hydrogen-bond donors (Lipinski definition) is 1. The molecule has 0 aromatic carbocycles. The van der Waals surface area contributed by atoms with Crippen molar-refractivity contribution in [3.8, 4) is 0 Å². The lowest BCUT2D eigenvalue weighted by Crippen LogP contribution is -2.38. The first-order chi connectivity index (χ1) is 5.89. The number of nitrogens with zero attached hydrogens (tertiary/aromatic N) is 1. The van der Waals surface area contributed by atoms with Crippen LogP contribution in [0.2, 0.25) is 0 Å². The average molecular weight is 199 g/mol. The summed E-state index contributed by atoms with van der Waals surface area (Å²) in [6, 6.07) is 0. The number of halogens is 3. The Balaban J connectivity index is 3.89. The van der Waals surface area contributed by atoms with E-state index in [1.165, 1.54) is 4.90 Å². The van der Waals surface area contributed by atoms with Crippen LogP contribution in [0.5, 0.6) is 0 Å². The smallest absolute Gasteiger partial charge is 0.392 e. The van der Waals surface area contributed by atoms with Crippen LogP contribution in [-0.4, -0.2) is 41.9 Å². The van der Waals surface area contributed by atoms with Gasteiger partial charge in [0.25, 0.3) is 0 Å². The van der Waals surface area contributed by atoms with Crippen LogP contribution in [-0.2, 0) is 0 Å². The van der Waals surface area contributed by atoms with Crippen molar-refractivity contribution in [2.24, 2.45) is 0 Å². The van der Waals surface area contributed by atoms with E-state index in [1.807, 2.05) is 0 Å². The zero-order valence-electron chi connectivity index (χ0n) is 7.93. The summed E-state index contributed by atoms with van der Waals surface area (Å²) >= 11 is 0. The van der Waals surface area contributed by atoms with Crippen LogP contribution in [0.15, 0.2) is 0 Å². The molecular weight excluding hydrogens is 183 g/mol. The Morgan fingerprint density at radius 1 is 1.31 bits per heavy atom. The third-order valence-corrected chi connectivity index (χ3v) is 1.79. The summed E-state index contributed by atoms with van der Waals surface area (Å²) in [5.41, 5.74) is 0. The van der Waals surface area contributed by atoms with Gasteiger partial charge in [0, 0.05) is 6.54 Å². The second-order valence-corrected chi connectivity index (χ2v) is 3.00. The number of aliphatic hydroxyl groups excluding tert-OH is 1. The van der Waals surface area contributed by atoms with Crippen molar-refractivity contribution < 1.29 is 18.3 Å². The van der Waals surface area contributed by atoms with E-state index >= 15 is 0 Å².